The lowest BCUT2D eigenvalue weighted by Crippen LogP contribution is -2.58. The average Bonchev–Trinajstić information content (AvgIpc) is 2.98. The molecule has 10 heteroatoms. The van der Waals surface area contributed by atoms with Crippen LogP contribution in [-0.4, -0.2) is 76.9 Å². The SMILES string of the molecule is CCN1CC(=O)N[C@H]2CN(C(=O)Cc3cccnc3)CC[C@@H]2OCc2cccc(c2)Oc2cc(OC(C)C)cc(c2)C1=O. The third-order valence-electron chi connectivity index (χ3n) is 7.43. The van der Waals surface area contributed by atoms with Crippen LogP contribution in [0.1, 0.15) is 48.7 Å². The van der Waals surface area contributed by atoms with Crippen LogP contribution in [-0.2, 0) is 27.4 Å². The summed E-state index contributed by atoms with van der Waals surface area (Å²) in [5, 5.41) is 3.07. The molecule has 5 rings (SSSR count). The van der Waals surface area contributed by atoms with Gasteiger partial charge in [-0.15, -0.1) is 0 Å². The number of benzene rings is 2. The average molecular weight is 587 g/mol. The Labute approximate surface area is 251 Å². The van der Waals surface area contributed by atoms with Crippen molar-refractivity contribution in [2.75, 3.05) is 26.2 Å². The number of rotatable bonds is 5. The van der Waals surface area contributed by atoms with Crippen molar-refractivity contribution in [3.8, 4) is 17.2 Å². The zero-order valence-corrected chi connectivity index (χ0v) is 24.8. The van der Waals surface area contributed by atoms with Crippen LogP contribution in [0.2, 0.25) is 0 Å². The van der Waals surface area contributed by atoms with Crippen LogP contribution in [0.25, 0.3) is 0 Å². The van der Waals surface area contributed by atoms with Gasteiger partial charge in [-0.3, -0.25) is 19.4 Å². The van der Waals surface area contributed by atoms with E-state index in [1.807, 2.05) is 51.1 Å². The molecule has 1 saturated heterocycles. The summed E-state index contributed by atoms with van der Waals surface area (Å²) in [5.41, 5.74) is 2.09. The normalized spacial score (nSPS) is 19.3. The predicted octanol–water partition coefficient (Wildman–Crippen LogP) is 3.98. The van der Waals surface area contributed by atoms with Crippen LogP contribution in [0.15, 0.2) is 67.0 Å². The molecule has 3 heterocycles. The molecule has 0 saturated carbocycles. The molecule has 3 amide bonds. The van der Waals surface area contributed by atoms with Crippen molar-refractivity contribution in [2.45, 2.75) is 58.5 Å². The number of aromatic nitrogens is 1. The van der Waals surface area contributed by atoms with E-state index in [-0.39, 0.29) is 42.9 Å². The Balaban J connectivity index is 1.42. The molecule has 43 heavy (non-hydrogen) atoms. The van der Waals surface area contributed by atoms with E-state index in [0.717, 1.165) is 11.1 Å². The molecule has 0 unspecified atom stereocenters. The second-order valence-electron chi connectivity index (χ2n) is 11.1. The summed E-state index contributed by atoms with van der Waals surface area (Å²) in [6.07, 6.45) is 3.71. The first kappa shape index (κ1) is 30.0. The fourth-order valence-electron chi connectivity index (χ4n) is 5.35. The molecular weight excluding hydrogens is 548 g/mol. The van der Waals surface area contributed by atoms with Crippen molar-refractivity contribution in [2.24, 2.45) is 0 Å². The molecule has 1 fully saturated rings. The lowest BCUT2D eigenvalue weighted by molar-refractivity contribution is -0.136. The number of amides is 3. The second kappa shape index (κ2) is 13.7. The summed E-state index contributed by atoms with van der Waals surface area (Å²) >= 11 is 0. The number of hydrogen-bond donors (Lipinski definition) is 1. The maximum Gasteiger partial charge on any atom is 0.254 e. The highest BCUT2D eigenvalue weighted by Gasteiger charge is 2.34. The molecule has 1 N–H and O–H groups in total. The summed E-state index contributed by atoms with van der Waals surface area (Å²) in [6.45, 7) is 6.93. The minimum Gasteiger partial charge on any atom is -0.491 e. The Morgan fingerprint density at radius 2 is 1.98 bits per heavy atom. The fraction of sp³-hybridized carbons (Fsp3) is 0.394. The molecule has 2 atom stereocenters. The van der Waals surface area contributed by atoms with Gasteiger partial charge >= 0.3 is 0 Å². The van der Waals surface area contributed by atoms with Gasteiger partial charge in [0.15, 0.2) is 0 Å². The zero-order valence-electron chi connectivity index (χ0n) is 24.8. The van der Waals surface area contributed by atoms with Gasteiger partial charge in [0.1, 0.15) is 17.2 Å². The first-order chi connectivity index (χ1) is 20.8. The molecule has 3 aromatic rings. The molecule has 0 radical (unpaired) electrons. The van der Waals surface area contributed by atoms with Gasteiger partial charge < -0.3 is 29.3 Å². The minimum absolute atomic E-state index is 0.0395. The van der Waals surface area contributed by atoms with Gasteiger partial charge in [-0.2, -0.15) is 0 Å². The third-order valence-corrected chi connectivity index (χ3v) is 7.43. The molecule has 10 nitrogen and oxygen atoms in total. The first-order valence-corrected chi connectivity index (χ1v) is 14.7. The topological polar surface area (TPSA) is 110 Å². The van der Waals surface area contributed by atoms with Crippen LogP contribution in [0.5, 0.6) is 17.2 Å². The van der Waals surface area contributed by atoms with Crippen LogP contribution in [0.4, 0.5) is 0 Å². The summed E-state index contributed by atoms with van der Waals surface area (Å²) in [4.78, 5) is 47.5. The highest BCUT2D eigenvalue weighted by molar-refractivity contribution is 5.97. The van der Waals surface area contributed by atoms with Crippen LogP contribution in [0.3, 0.4) is 0 Å². The summed E-state index contributed by atoms with van der Waals surface area (Å²) < 4.78 is 18.4. The van der Waals surface area contributed by atoms with Gasteiger partial charge in [-0.1, -0.05) is 18.2 Å². The number of pyridine rings is 1. The Hall–Kier alpha value is -4.44. The summed E-state index contributed by atoms with van der Waals surface area (Å²) in [5.74, 6) is 0.870. The van der Waals surface area contributed by atoms with Gasteiger partial charge in [0.25, 0.3) is 5.91 Å². The van der Waals surface area contributed by atoms with Crippen molar-refractivity contribution < 1.29 is 28.6 Å². The lowest BCUT2D eigenvalue weighted by Gasteiger charge is -2.39. The fourth-order valence-corrected chi connectivity index (χ4v) is 5.35. The van der Waals surface area contributed by atoms with E-state index in [0.29, 0.717) is 55.5 Å². The van der Waals surface area contributed by atoms with Crippen LogP contribution < -0.4 is 14.8 Å². The Morgan fingerprint density at radius 1 is 1.12 bits per heavy atom. The molecule has 2 aliphatic heterocycles. The molecule has 2 aliphatic rings. The largest absolute Gasteiger partial charge is 0.491 e. The van der Waals surface area contributed by atoms with Gasteiger partial charge in [0, 0.05) is 43.7 Å². The van der Waals surface area contributed by atoms with Gasteiger partial charge in [0.2, 0.25) is 11.8 Å². The Bertz CT molecular complexity index is 1450. The van der Waals surface area contributed by atoms with Crippen molar-refractivity contribution in [3.63, 3.8) is 0 Å². The molecular formula is C33H38N4O6. The third kappa shape index (κ3) is 7.90. The van der Waals surface area contributed by atoms with Crippen molar-refractivity contribution in [1.82, 2.24) is 20.1 Å². The van der Waals surface area contributed by atoms with E-state index >= 15 is 0 Å². The van der Waals surface area contributed by atoms with E-state index in [1.165, 1.54) is 4.90 Å². The van der Waals surface area contributed by atoms with Crippen molar-refractivity contribution >= 4 is 17.7 Å². The zero-order chi connectivity index (χ0) is 30.3. The maximum atomic E-state index is 13.6. The quantitative estimate of drug-likeness (QED) is 0.482. The Kier molecular flexibility index (Phi) is 9.56. The van der Waals surface area contributed by atoms with Crippen molar-refractivity contribution in [1.29, 1.82) is 0 Å². The first-order valence-electron chi connectivity index (χ1n) is 14.7. The van der Waals surface area contributed by atoms with E-state index in [4.69, 9.17) is 14.2 Å². The smallest absolute Gasteiger partial charge is 0.254 e. The number of fused-ring (bicyclic) bond motifs is 5. The summed E-state index contributed by atoms with van der Waals surface area (Å²) in [6, 6.07) is 15.9. The van der Waals surface area contributed by atoms with Gasteiger partial charge in [0.05, 0.1) is 37.8 Å². The van der Waals surface area contributed by atoms with Gasteiger partial charge in [-0.25, -0.2) is 0 Å². The second-order valence-corrected chi connectivity index (χ2v) is 11.1. The highest BCUT2D eigenvalue weighted by atomic mass is 16.5. The summed E-state index contributed by atoms with van der Waals surface area (Å²) in [7, 11) is 0. The monoisotopic (exact) mass is 586 g/mol. The lowest BCUT2D eigenvalue weighted by atomic mass is 10.0. The number of ether oxygens (including phenoxy) is 3. The number of likely N-dealkylation sites (tertiary alicyclic amines) is 1. The van der Waals surface area contributed by atoms with Crippen LogP contribution in [0, 0.1) is 0 Å². The van der Waals surface area contributed by atoms with E-state index < -0.39 is 6.04 Å². The van der Waals surface area contributed by atoms with E-state index in [2.05, 4.69) is 10.3 Å². The number of hydrogen-bond acceptors (Lipinski definition) is 7. The molecule has 2 aromatic carbocycles. The number of likely N-dealkylation sites (N-methyl/N-ethyl adjacent to an activating group) is 1. The standard InChI is InChI=1S/C33H38N4O6/c1-4-36-20-31(38)35-29-19-37(32(39)14-23-8-6-11-34-18-23)12-10-30(29)41-21-24-7-5-9-26(13-24)43-28-16-25(33(36)40)15-27(17-28)42-22(2)3/h5-9,11,13,15-18,22,29-30H,4,10,12,14,19-21H2,1-3H3,(H,35,38)/t29-,30-/m0/s1. The molecule has 0 aliphatic carbocycles. The van der Waals surface area contributed by atoms with Gasteiger partial charge in [-0.05, 0) is 68.7 Å². The number of piperidine rings is 1. The van der Waals surface area contributed by atoms with Crippen molar-refractivity contribution in [3.05, 3.63) is 83.7 Å². The number of nitrogens with one attached hydrogen (secondary N) is 1. The predicted molar refractivity (Wildman–Crippen MR) is 160 cm³/mol. The number of nitrogens with zero attached hydrogens (tertiary/aromatic N) is 3. The Morgan fingerprint density at radius 3 is 2.74 bits per heavy atom. The van der Waals surface area contributed by atoms with E-state index in [9.17, 15) is 14.4 Å². The minimum atomic E-state index is -0.449. The molecule has 4 bridgehead atoms. The molecule has 226 valence electrons. The number of carbonyl (C=O) groups excluding carboxylic acids is 3. The molecule has 1 aromatic heterocycles. The molecule has 0 spiro atoms. The van der Waals surface area contributed by atoms with Crippen LogP contribution >= 0.6 is 0 Å². The highest BCUT2D eigenvalue weighted by Crippen LogP contribution is 2.30. The number of carbonyl (C=O) groups is 3. The maximum absolute atomic E-state index is 13.6. The van der Waals surface area contributed by atoms with E-state index in [1.54, 1.807) is 41.6 Å².